The number of carbonyl (C=O) groups excluding carboxylic acids is 1. The van der Waals surface area contributed by atoms with Crippen molar-refractivity contribution in [2.45, 2.75) is 6.92 Å². The van der Waals surface area contributed by atoms with E-state index in [1.165, 1.54) is 0 Å². The molecule has 2 aromatic heterocycles. The Hall–Kier alpha value is -2.66. The molecule has 22 heavy (non-hydrogen) atoms. The number of hydrogen-bond acceptors (Lipinski definition) is 4. The maximum Gasteiger partial charge on any atom is 0.261 e. The lowest BCUT2D eigenvalue weighted by atomic mass is 10.1. The van der Waals surface area contributed by atoms with Gasteiger partial charge in [-0.15, -0.1) is 0 Å². The van der Waals surface area contributed by atoms with Gasteiger partial charge in [0.15, 0.2) is 0 Å². The zero-order chi connectivity index (χ0) is 15.5. The molecule has 0 unspecified atom stereocenters. The average Bonchev–Trinajstić information content (AvgIpc) is 2.92. The Morgan fingerprint density at radius 2 is 2.00 bits per heavy atom. The van der Waals surface area contributed by atoms with Gasteiger partial charge in [0.1, 0.15) is 17.0 Å². The predicted molar refractivity (Wildman–Crippen MR) is 83.9 cm³/mol. The molecular formula is C16H12ClN3O2. The Labute approximate surface area is 131 Å². The Morgan fingerprint density at radius 1 is 1.23 bits per heavy atom. The van der Waals surface area contributed by atoms with Gasteiger partial charge in [-0.3, -0.25) is 9.78 Å². The van der Waals surface area contributed by atoms with Crippen LogP contribution in [0.4, 0.5) is 5.69 Å². The minimum Gasteiger partial charge on any atom is -0.360 e. The van der Waals surface area contributed by atoms with Crippen LogP contribution in [-0.2, 0) is 0 Å². The van der Waals surface area contributed by atoms with E-state index in [4.69, 9.17) is 16.1 Å². The molecule has 0 spiro atoms. The van der Waals surface area contributed by atoms with Crippen LogP contribution in [0.3, 0.4) is 0 Å². The Bertz CT molecular complexity index is 798. The summed E-state index contributed by atoms with van der Waals surface area (Å²) in [7, 11) is 0. The zero-order valence-electron chi connectivity index (χ0n) is 11.7. The van der Waals surface area contributed by atoms with E-state index in [2.05, 4.69) is 15.5 Å². The third-order valence-corrected chi connectivity index (χ3v) is 3.38. The van der Waals surface area contributed by atoms with Crippen LogP contribution in [-0.4, -0.2) is 16.0 Å². The second-order valence-electron chi connectivity index (χ2n) is 4.67. The number of halogens is 1. The van der Waals surface area contributed by atoms with Gasteiger partial charge in [-0.2, -0.15) is 0 Å². The van der Waals surface area contributed by atoms with Crippen molar-refractivity contribution in [1.29, 1.82) is 0 Å². The van der Waals surface area contributed by atoms with Gasteiger partial charge >= 0.3 is 0 Å². The normalized spacial score (nSPS) is 10.5. The van der Waals surface area contributed by atoms with Crippen molar-refractivity contribution < 1.29 is 9.32 Å². The van der Waals surface area contributed by atoms with Gasteiger partial charge in [-0.25, -0.2) is 0 Å². The molecule has 3 aromatic rings. The molecule has 0 saturated heterocycles. The van der Waals surface area contributed by atoms with E-state index in [0.717, 1.165) is 5.56 Å². The number of benzene rings is 1. The zero-order valence-corrected chi connectivity index (χ0v) is 12.5. The van der Waals surface area contributed by atoms with Gasteiger partial charge in [0.05, 0.1) is 0 Å². The van der Waals surface area contributed by atoms with Crippen molar-refractivity contribution in [1.82, 2.24) is 10.1 Å². The first-order valence-electron chi connectivity index (χ1n) is 6.59. The van der Waals surface area contributed by atoms with E-state index in [1.54, 1.807) is 49.6 Å². The number of anilines is 1. The number of nitrogens with zero attached hydrogens (tertiary/aromatic N) is 2. The maximum absolute atomic E-state index is 12.5. The first-order valence-corrected chi connectivity index (χ1v) is 6.96. The largest absolute Gasteiger partial charge is 0.360 e. The lowest BCUT2D eigenvalue weighted by molar-refractivity contribution is 0.102. The molecule has 0 saturated carbocycles. The number of rotatable bonds is 3. The predicted octanol–water partition coefficient (Wildman–Crippen LogP) is 3.95. The molecule has 1 aromatic carbocycles. The van der Waals surface area contributed by atoms with Crippen molar-refractivity contribution in [3.63, 3.8) is 0 Å². The molecule has 3 rings (SSSR count). The molecule has 0 aliphatic rings. The van der Waals surface area contributed by atoms with Crippen molar-refractivity contribution >= 4 is 23.2 Å². The molecule has 0 radical (unpaired) electrons. The van der Waals surface area contributed by atoms with Crippen molar-refractivity contribution in [2.24, 2.45) is 0 Å². The van der Waals surface area contributed by atoms with Gasteiger partial charge < -0.3 is 9.84 Å². The van der Waals surface area contributed by atoms with Crippen LogP contribution >= 0.6 is 11.6 Å². The molecule has 0 atom stereocenters. The molecule has 0 aliphatic heterocycles. The highest BCUT2D eigenvalue weighted by atomic mass is 35.5. The summed E-state index contributed by atoms with van der Waals surface area (Å²) < 4.78 is 5.17. The molecule has 1 amide bonds. The number of nitrogens with one attached hydrogen (secondary N) is 1. The monoisotopic (exact) mass is 313 g/mol. The SMILES string of the molecule is Cc1onc(-c2cccnc2)c1C(=O)Nc1ccc(Cl)cc1. The van der Waals surface area contributed by atoms with Crippen LogP contribution in [0.5, 0.6) is 0 Å². The van der Waals surface area contributed by atoms with Gasteiger partial charge in [-0.1, -0.05) is 16.8 Å². The number of amides is 1. The fraction of sp³-hybridized carbons (Fsp3) is 0.0625. The average molecular weight is 314 g/mol. The maximum atomic E-state index is 12.5. The Balaban J connectivity index is 1.93. The van der Waals surface area contributed by atoms with Gasteiger partial charge in [-0.05, 0) is 43.3 Å². The van der Waals surface area contributed by atoms with Crippen LogP contribution in [0, 0.1) is 6.92 Å². The number of pyridine rings is 1. The fourth-order valence-corrected chi connectivity index (χ4v) is 2.19. The third-order valence-electron chi connectivity index (χ3n) is 3.13. The lowest BCUT2D eigenvalue weighted by Gasteiger charge is -2.05. The van der Waals surface area contributed by atoms with E-state index in [1.807, 2.05) is 6.07 Å². The number of aryl methyl sites for hydroxylation is 1. The third kappa shape index (κ3) is 2.84. The summed E-state index contributed by atoms with van der Waals surface area (Å²) in [5.41, 5.74) is 2.23. The summed E-state index contributed by atoms with van der Waals surface area (Å²) in [4.78, 5) is 16.5. The van der Waals surface area contributed by atoms with E-state index < -0.39 is 0 Å². The van der Waals surface area contributed by atoms with E-state index in [9.17, 15) is 4.79 Å². The van der Waals surface area contributed by atoms with Crippen LogP contribution in [0.15, 0.2) is 53.3 Å². The quantitative estimate of drug-likeness (QED) is 0.795. The van der Waals surface area contributed by atoms with Crippen LogP contribution in [0.2, 0.25) is 5.02 Å². The van der Waals surface area contributed by atoms with Crippen LogP contribution in [0.1, 0.15) is 16.1 Å². The van der Waals surface area contributed by atoms with E-state index in [0.29, 0.717) is 27.7 Å². The Morgan fingerprint density at radius 3 is 2.68 bits per heavy atom. The number of aromatic nitrogens is 2. The second kappa shape index (κ2) is 5.99. The summed E-state index contributed by atoms with van der Waals surface area (Å²) >= 11 is 5.83. The molecule has 5 nitrogen and oxygen atoms in total. The van der Waals surface area contributed by atoms with E-state index >= 15 is 0 Å². The van der Waals surface area contributed by atoms with E-state index in [-0.39, 0.29) is 5.91 Å². The highest BCUT2D eigenvalue weighted by Gasteiger charge is 2.21. The minimum atomic E-state index is -0.292. The molecule has 2 heterocycles. The summed E-state index contributed by atoms with van der Waals surface area (Å²) in [6.45, 7) is 1.70. The molecule has 0 aliphatic carbocycles. The second-order valence-corrected chi connectivity index (χ2v) is 5.10. The number of carbonyl (C=O) groups is 1. The van der Waals surface area contributed by atoms with Gasteiger partial charge in [0, 0.05) is 28.7 Å². The first kappa shape index (κ1) is 14.3. The van der Waals surface area contributed by atoms with Crippen LogP contribution in [0.25, 0.3) is 11.3 Å². The van der Waals surface area contributed by atoms with Crippen molar-refractivity contribution in [3.8, 4) is 11.3 Å². The summed E-state index contributed by atoms with van der Waals surface area (Å²) in [6, 6.07) is 10.5. The van der Waals surface area contributed by atoms with Crippen molar-refractivity contribution in [3.05, 3.63) is 65.1 Å². The molecule has 0 bridgehead atoms. The summed E-state index contributed by atoms with van der Waals surface area (Å²) in [5, 5.41) is 7.38. The smallest absolute Gasteiger partial charge is 0.261 e. The molecule has 1 N–H and O–H groups in total. The minimum absolute atomic E-state index is 0.292. The fourth-order valence-electron chi connectivity index (χ4n) is 2.07. The standard InChI is InChI=1S/C16H12ClN3O2/c1-10-14(15(20-22-10)11-3-2-8-18-9-11)16(21)19-13-6-4-12(17)5-7-13/h2-9H,1H3,(H,19,21). The highest BCUT2D eigenvalue weighted by Crippen LogP contribution is 2.25. The topological polar surface area (TPSA) is 68.0 Å². The first-order chi connectivity index (χ1) is 10.6. The molecule has 6 heteroatoms. The van der Waals surface area contributed by atoms with Gasteiger partial charge in [0.2, 0.25) is 0 Å². The molecule has 0 fully saturated rings. The summed E-state index contributed by atoms with van der Waals surface area (Å²) in [5.74, 6) is 0.158. The molecular weight excluding hydrogens is 302 g/mol. The summed E-state index contributed by atoms with van der Waals surface area (Å²) in [6.07, 6.45) is 3.29. The number of hydrogen-bond donors (Lipinski definition) is 1. The molecule has 110 valence electrons. The van der Waals surface area contributed by atoms with Crippen molar-refractivity contribution in [2.75, 3.05) is 5.32 Å². The highest BCUT2D eigenvalue weighted by molar-refractivity contribution is 6.30. The van der Waals surface area contributed by atoms with Crippen LogP contribution < -0.4 is 5.32 Å². The lowest BCUT2D eigenvalue weighted by Crippen LogP contribution is -2.13. The van der Waals surface area contributed by atoms with Gasteiger partial charge in [0.25, 0.3) is 5.91 Å². The Kier molecular flexibility index (Phi) is 3.89.